The number of nitrogens with zero attached hydrogens (tertiary/aromatic N) is 4. The minimum absolute atomic E-state index is 0.0991. The van der Waals surface area contributed by atoms with E-state index in [1.807, 2.05) is 59.6 Å². The van der Waals surface area contributed by atoms with Gasteiger partial charge in [0, 0.05) is 57.5 Å². The summed E-state index contributed by atoms with van der Waals surface area (Å²) in [5, 5.41) is 15.0. The van der Waals surface area contributed by atoms with Crippen molar-refractivity contribution in [2.24, 2.45) is 4.99 Å². The quantitative estimate of drug-likeness (QED) is 0.0994. The maximum Gasteiger partial charge on any atom is 0.250 e. The van der Waals surface area contributed by atoms with Crippen LogP contribution in [0.5, 0.6) is 0 Å². The number of rotatable bonds is 12. The molecule has 3 aromatic heterocycles. The van der Waals surface area contributed by atoms with Gasteiger partial charge in [-0.15, -0.1) is 22.7 Å². The van der Waals surface area contributed by atoms with Crippen LogP contribution in [0.3, 0.4) is 0 Å². The van der Waals surface area contributed by atoms with Gasteiger partial charge >= 0.3 is 0 Å². The Bertz CT molecular complexity index is 2620. The second kappa shape index (κ2) is 17.4. The Hall–Kier alpha value is -6.22. The van der Waals surface area contributed by atoms with Crippen LogP contribution in [0.25, 0.3) is 36.7 Å². The molecule has 0 aliphatic carbocycles. The Morgan fingerprint density at radius 3 is 1.98 bits per heavy atom. The number of hydrogen-bond donors (Lipinski definition) is 4. The Morgan fingerprint density at radius 2 is 1.34 bits per heavy atom. The fraction of sp³-hybridized carbons (Fsp3) is 0.277. The molecule has 4 amide bonds. The summed E-state index contributed by atoms with van der Waals surface area (Å²) in [5.41, 5.74) is 6.53. The number of aromatic amines is 1. The van der Waals surface area contributed by atoms with E-state index in [9.17, 15) is 24.3 Å². The van der Waals surface area contributed by atoms with E-state index in [4.69, 9.17) is 9.98 Å². The molecule has 6 aromatic rings. The standard InChI is InChI=1S/C47H45N7O5S2/c1-28(56)50-43(31-10-4-2-5-11-31)46(58)53-20-8-14-36(53)34-22-33(25-48-34)39-24-41-40(61-39)23-38(60-41)30-18-16-29(17-19-30)35-26-49-45(51-35)37-15-9-21-54(37)47(59)44(52-42(57)27-55)32-12-6-3-7-13-32/h2-7,10-13,16-19,23-26,36-37,43-44,55H,8-9,14-15,20-22,27H2,1H3,(H,49,51)(H,50,56)(H,52,57)/t36?,37-,43+,44+/m0/s1. The topological polar surface area (TPSA) is 160 Å². The fourth-order valence-electron chi connectivity index (χ4n) is 8.70. The van der Waals surface area contributed by atoms with Gasteiger partial charge in [0.2, 0.25) is 23.6 Å². The lowest BCUT2D eigenvalue weighted by Gasteiger charge is -2.29. The molecule has 1 unspecified atom stereocenters. The normalized spacial score (nSPS) is 18.5. The van der Waals surface area contributed by atoms with Gasteiger partial charge in [-0.05, 0) is 65.6 Å². The number of imidazole rings is 1. The molecule has 3 aromatic carbocycles. The molecule has 2 fully saturated rings. The number of aliphatic hydroxyl groups excluding tert-OH is 1. The van der Waals surface area contributed by atoms with Crippen molar-refractivity contribution in [1.29, 1.82) is 0 Å². The molecule has 4 N–H and O–H groups in total. The first kappa shape index (κ1) is 40.2. The molecular weight excluding hydrogens is 807 g/mol. The van der Waals surface area contributed by atoms with E-state index < -0.39 is 24.6 Å². The third-order valence-electron chi connectivity index (χ3n) is 11.7. The largest absolute Gasteiger partial charge is 0.387 e. The molecule has 61 heavy (non-hydrogen) atoms. The number of benzene rings is 3. The second-order valence-corrected chi connectivity index (χ2v) is 17.8. The van der Waals surface area contributed by atoms with E-state index >= 15 is 0 Å². The van der Waals surface area contributed by atoms with Gasteiger partial charge in [0.15, 0.2) is 0 Å². The van der Waals surface area contributed by atoms with E-state index in [1.165, 1.54) is 26.1 Å². The van der Waals surface area contributed by atoms with Crippen molar-refractivity contribution in [3.63, 3.8) is 0 Å². The van der Waals surface area contributed by atoms with Gasteiger partial charge < -0.3 is 30.5 Å². The highest BCUT2D eigenvalue weighted by Gasteiger charge is 2.39. The molecule has 3 aliphatic rings. The molecule has 9 rings (SSSR count). The Kier molecular flexibility index (Phi) is 11.5. The predicted octanol–water partition coefficient (Wildman–Crippen LogP) is 7.59. The number of aliphatic hydroxyl groups is 1. The first-order valence-electron chi connectivity index (χ1n) is 20.6. The summed E-state index contributed by atoms with van der Waals surface area (Å²) in [6, 6.07) is 29.4. The number of fused-ring (bicyclic) bond motifs is 1. The number of hydrogen-bond acceptors (Lipinski definition) is 9. The number of aromatic nitrogens is 2. The van der Waals surface area contributed by atoms with E-state index in [1.54, 1.807) is 45.9 Å². The summed E-state index contributed by atoms with van der Waals surface area (Å²) in [6.07, 6.45) is 7.74. The van der Waals surface area contributed by atoms with Crippen LogP contribution in [-0.4, -0.2) is 80.0 Å². The van der Waals surface area contributed by atoms with Crippen LogP contribution in [-0.2, 0) is 19.2 Å². The zero-order valence-corrected chi connectivity index (χ0v) is 35.2. The Balaban J connectivity index is 0.845. The highest BCUT2D eigenvalue weighted by Crippen LogP contribution is 2.43. The van der Waals surface area contributed by atoms with Gasteiger partial charge in [0.1, 0.15) is 24.5 Å². The molecule has 14 heteroatoms. The zero-order chi connectivity index (χ0) is 42.0. The third-order valence-corrected chi connectivity index (χ3v) is 14.1. The summed E-state index contributed by atoms with van der Waals surface area (Å²) in [4.78, 5) is 71.2. The average Bonchev–Trinajstić information content (AvgIpc) is 4.14. The van der Waals surface area contributed by atoms with Crippen LogP contribution in [0.4, 0.5) is 0 Å². The molecule has 6 heterocycles. The van der Waals surface area contributed by atoms with Crippen LogP contribution in [0.1, 0.15) is 79.0 Å². The number of nitrogens with one attached hydrogen (secondary N) is 3. The van der Waals surface area contributed by atoms with Gasteiger partial charge in [-0.25, -0.2) is 4.98 Å². The van der Waals surface area contributed by atoms with Crippen molar-refractivity contribution >= 4 is 67.0 Å². The molecule has 3 aliphatic heterocycles. The monoisotopic (exact) mass is 851 g/mol. The number of thiophene rings is 2. The van der Waals surface area contributed by atoms with Crippen LogP contribution in [0.2, 0.25) is 0 Å². The number of allylic oxidation sites excluding steroid dienone is 1. The Labute approximate surface area is 361 Å². The second-order valence-electron chi connectivity index (χ2n) is 15.7. The third kappa shape index (κ3) is 8.30. The summed E-state index contributed by atoms with van der Waals surface area (Å²) >= 11 is 3.52. The fourth-order valence-corrected chi connectivity index (χ4v) is 11.1. The van der Waals surface area contributed by atoms with E-state index in [-0.39, 0.29) is 29.8 Å². The van der Waals surface area contributed by atoms with Crippen molar-refractivity contribution in [1.82, 2.24) is 30.4 Å². The first-order chi connectivity index (χ1) is 29.7. The molecule has 12 nitrogen and oxygen atoms in total. The minimum Gasteiger partial charge on any atom is -0.387 e. The van der Waals surface area contributed by atoms with Crippen molar-refractivity contribution in [3.8, 4) is 21.7 Å². The lowest BCUT2D eigenvalue weighted by molar-refractivity contribution is -0.138. The van der Waals surface area contributed by atoms with Crippen LogP contribution >= 0.6 is 22.7 Å². The Morgan fingerprint density at radius 1 is 0.770 bits per heavy atom. The summed E-state index contributed by atoms with van der Waals surface area (Å²) in [5.74, 6) is -0.489. The molecule has 310 valence electrons. The number of carbonyl (C=O) groups excluding carboxylic acids is 4. The van der Waals surface area contributed by atoms with Crippen LogP contribution < -0.4 is 10.6 Å². The van der Waals surface area contributed by atoms with Gasteiger partial charge in [-0.3, -0.25) is 24.2 Å². The van der Waals surface area contributed by atoms with E-state index in [2.05, 4.69) is 52.0 Å². The number of carbonyl (C=O) groups is 4. The smallest absolute Gasteiger partial charge is 0.250 e. The summed E-state index contributed by atoms with van der Waals surface area (Å²) in [6.45, 7) is 1.92. The molecule has 4 atom stereocenters. The molecule has 2 saturated heterocycles. The van der Waals surface area contributed by atoms with Gasteiger partial charge in [-0.1, -0.05) is 84.9 Å². The van der Waals surface area contributed by atoms with Crippen molar-refractivity contribution < 1.29 is 24.3 Å². The SMILES string of the molecule is CC(=O)N[C@@H](C(=O)N1CCCC1C1=NC=C(c2cc3sc(-c4ccc(-c5cnc([C@@H]6CCCN6C(=O)[C@H](NC(=O)CO)c6ccccc6)[nH]5)cc4)cc3s2)C1)c1ccccc1. The number of amides is 4. The number of aliphatic imine (C=N–C) groups is 1. The summed E-state index contributed by atoms with van der Waals surface area (Å²) in [7, 11) is 0. The minimum atomic E-state index is -0.909. The molecular formula is C47H45N7O5S2. The molecule has 0 radical (unpaired) electrons. The lowest BCUT2D eigenvalue weighted by atomic mass is 10.0. The maximum absolute atomic E-state index is 13.9. The van der Waals surface area contributed by atoms with E-state index in [0.717, 1.165) is 59.4 Å². The maximum atomic E-state index is 13.9. The van der Waals surface area contributed by atoms with Crippen LogP contribution in [0.15, 0.2) is 114 Å². The van der Waals surface area contributed by atoms with Gasteiger partial charge in [0.25, 0.3) is 0 Å². The van der Waals surface area contributed by atoms with Crippen molar-refractivity contribution in [2.75, 3.05) is 19.7 Å². The number of likely N-dealkylation sites (tertiary alicyclic amines) is 2. The van der Waals surface area contributed by atoms with Gasteiger partial charge in [-0.2, -0.15) is 0 Å². The molecule has 0 saturated carbocycles. The predicted molar refractivity (Wildman–Crippen MR) is 239 cm³/mol. The lowest BCUT2D eigenvalue weighted by Crippen LogP contribution is -2.46. The van der Waals surface area contributed by atoms with E-state index in [0.29, 0.717) is 30.9 Å². The first-order valence-corrected chi connectivity index (χ1v) is 22.2. The van der Waals surface area contributed by atoms with Crippen molar-refractivity contribution in [2.45, 2.75) is 63.2 Å². The average molecular weight is 852 g/mol. The highest BCUT2D eigenvalue weighted by molar-refractivity contribution is 7.30. The number of H-pyrrole nitrogens is 1. The summed E-state index contributed by atoms with van der Waals surface area (Å²) < 4.78 is 2.43. The molecule has 0 bridgehead atoms. The molecule has 0 spiro atoms. The van der Waals surface area contributed by atoms with Crippen LogP contribution in [0, 0.1) is 0 Å². The van der Waals surface area contributed by atoms with Crippen molar-refractivity contribution in [3.05, 3.63) is 131 Å². The van der Waals surface area contributed by atoms with Gasteiger partial charge in [0.05, 0.1) is 24.0 Å². The highest BCUT2D eigenvalue weighted by atomic mass is 32.1. The zero-order valence-electron chi connectivity index (χ0n) is 33.5.